The van der Waals surface area contributed by atoms with Crippen molar-refractivity contribution in [3.63, 3.8) is 0 Å². The van der Waals surface area contributed by atoms with Gasteiger partial charge >= 0.3 is 0 Å². The molecule has 1 amide bonds. The maximum absolute atomic E-state index is 14.1. The van der Waals surface area contributed by atoms with Gasteiger partial charge in [0.2, 0.25) is 0 Å². The number of carbonyl (C=O) groups is 1. The van der Waals surface area contributed by atoms with E-state index in [9.17, 15) is 4.79 Å². The molecule has 2 N–H and O–H groups in total. The molecule has 3 aliphatic heterocycles. The number of carbonyl (C=O) groups excluding carboxylic acids is 1. The summed E-state index contributed by atoms with van der Waals surface area (Å²) in [5.74, 6) is -0.142. The molecule has 3 aromatic carbocycles. The highest BCUT2D eigenvalue weighted by Gasteiger charge is 2.53. The molecular formula is C35H40N4O7. The number of rotatable bonds is 12. The number of fused-ring (bicyclic) bond motifs is 13. The Bertz CT molecular complexity index is 1970. The van der Waals surface area contributed by atoms with E-state index in [1.54, 1.807) is 14.2 Å². The van der Waals surface area contributed by atoms with Gasteiger partial charge in [-0.3, -0.25) is 4.79 Å². The second-order valence-corrected chi connectivity index (χ2v) is 12.3. The third kappa shape index (κ3) is 4.20. The number of aromatic nitrogens is 2. The van der Waals surface area contributed by atoms with Gasteiger partial charge in [0.1, 0.15) is 12.3 Å². The number of likely N-dealkylation sites (N-methyl/N-ethyl adjacent to an activating group) is 1. The van der Waals surface area contributed by atoms with Crippen molar-refractivity contribution in [3.05, 3.63) is 59.7 Å². The van der Waals surface area contributed by atoms with E-state index in [0.717, 1.165) is 49.2 Å². The Morgan fingerprint density at radius 1 is 0.913 bits per heavy atom. The molecule has 8 rings (SSSR count). The van der Waals surface area contributed by atoms with Gasteiger partial charge in [0, 0.05) is 53.8 Å². The molecule has 2 bridgehead atoms. The molecule has 3 aliphatic rings. The van der Waals surface area contributed by atoms with Crippen LogP contribution in [0.25, 0.3) is 43.6 Å². The number of methoxy groups -OCH3 is 2. The zero-order chi connectivity index (χ0) is 31.6. The Kier molecular flexibility index (Phi) is 7.52. The quantitative estimate of drug-likeness (QED) is 0.194. The molecule has 1 fully saturated rings. The average molecular weight is 629 g/mol. The van der Waals surface area contributed by atoms with Crippen LogP contribution in [0.1, 0.15) is 41.7 Å². The van der Waals surface area contributed by atoms with Crippen LogP contribution in [0.5, 0.6) is 0 Å². The van der Waals surface area contributed by atoms with Crippen LogP contribution in [-0.2, 0) is 34.1 Å². The molecule has 46 heavy (non-hydrogen) atoms. The normalized spacial score (nSPS) is 25.3. The van der Waals surface area contributed by atoms with E-state index in [-0.39, 0.29) is 24.3 Å². The van der Waals surface area contributed by atoms with E-state index in [1.165, 1.54) is 0 Å². The third-order valence-electron chi connectivity index (χ3n) is 9.95. The molecule has 2 aromatic heterocycles. The van der Waals surface area contributed by atoms with E-state index in [0.29, 0.717) is 51.6 Å². The first-order valence-corrected chi connectivity index (χ1v) is 16.0. The molecule has 0 aliphatic carbocycles. The minimum atomic E-state index is -0.862. The minimum Gasteiger partial charge on any atom is -0.382 e. The van der Waals surface area contributed by atoms with Crippen molar-refractivity contribution in [1.29, 1.82) is 0 Å². The maximum Gasteiger partial charge on any atom is 0.254 e. The highest BCUT2D eigenvalue weighted by atomic mass is 16.6. The summed E-state index contributed by atoms with van der Waals surface area (Å²) >= 11 is 0. The lowest BCUT2D eigenvalue weighted by Gasteiger charge is -2.48. The van der Waals surface area contributed by atoms with Crippen molar-refractivity contribution in [2.24, 2.45) is 0 Å². The zero-order valence-electron chi connectivity index (χ0n) is 26.6. The second kappa shape index (κ2) is 11.6. The van der Waals surface area contributed by atoms with Gasteiger partial charge < -0.3 is 48.2 Å². The van der Waals surface area contributed by atoms with E-state index < -0.39 is 12.0 Å². The average Bonchev–Trinajstić information content (AvgIpc) is 3.69. The SMILES string of the molecule is CN[C@@H]1C[C@H]2O[C@@](C)([C@@H]1OC)n1c3ccccc3c3c4c(c5c6ccccc6n2c5c31)C(=O)NC4OCCOCCOCCOC. The summed E-state index contributed by atoms with van der Waals surface area (Å²) in [6.45, 7) is 4.82. The smallest absolute Gasteiger partial charge is 0.254 e. The number of ether oxygens (including phenoxy) is 6. The van der Waals surface area contributed by atoms with Crippen LogP contribution in [0.3, 0.4) is 0 Å². The van der Waals surface area contributed by atoms with Crippen LogP contribution < -0.4 is 10.6 Å². The number of nitrogens with one attached hydrogen (secondary N) is 2. The van der Waals surface area contributed by atoms with Gasteiger partial charge in [0.15, 0.2) is 12.0 Å². The molecule has 242 valence electrons. The zero-order valence-corrected chi connectivity index (χ0v) is 26.6. The number of amides is 1. The minimum absolute atomic E-state index is 0.0205. The first-order chi connectivity index (χ1) is 22.5. The molecule has 11 heteroatoms. The number of hydrogen-bond donors (Lipinski definition) is 2. The lowest BCUT2D eigenvalue weighted by Crippen LogP contribution is -2.59. The molecule has 0 radical (unpaired) electrons. The van der Waals surface area contributed by atoms with Crippen molar-refractivity contribution >= 4 is 49.5 Å². The Morgan fingerprint density at radius 3 is 2.30 bits per heavy atom. The Labute approximate surface area is 266 Å². The summed E-state index contributed by atoms with van der Waals surface area (Å²) in [5, 5.41) is 10.7. The fourth-order valence-electron chi connectivity index (χ4n) is 8.18. The molecule has 5 atom stereocenters. The van der Waals surface area contributed by atoms with Gasteiger partial charge in [-0.1, -0.05) is 36.4 Å². The van der Waals surface area contributed by atoms with Gasteiger partial charge in [-0.05, 0) is 26.1 Å². The summed E-state index contributed by atoms with van der Waals surface area (Å²) in [4.78, 5) is 14.1. The van der Waals surface area contributed by atoms with E-state index in [1.807, 2.05) is 25.2 Å². The van der Waals surface area contributed by atoms with Crippen molar-refractivity contribution in [2.45, 2.75) is 43.7 Å². The van der Waals surface area contributed by atoms with E-state index in [4.69, 9.17) is 28.4 Å². The third-order valence-corrected chi connectivity index (χ3v) is 9.95. The predicted octanol–water partition coefficient (Wildman–Crippen LogP) is 4.55. The van der Waals surface area contributed by atoms with Gasteiger partial charge in [0.25, 0.3) is 5.91 Å². The number of benzene rings is 3. The van der Waals surface area contributed by atoms with Crippen molar-refractivity contribution < 1.29 is 33.2 Å². The van der Waals surface area contributed by atoms with Crippen LogP contribution in [0.15, 0.2) is 48.5 Å². The van der Waals surface area contributed by atoms with Crippen LogP contribution in [0.2, 0.25) is 0 Å². The number of nitrogens with zero attached hydrogens (tertiary/aromatic N) is 2. The number of hydrogen-bond acceptors (Lipinski definition) is 8. The largest absolute Gasteiger partial charge is 0.382 e. The summed E-state index contributed by atoms with van der Waals surface area (Å²) < 4.78 is 40.8. The van der Waals surface area contributed by atoms with Crippen molar-refractivity contribution in [1.82, 2.24) is 19.8 Å². The van der Waals surface area contributed by atoms with Gasteiger partial charge in [-0.25, -0.2) is 0 Å². The first-order valence-electron chi connectivity index (χ1n) is 16.0. The standard InChI is InChI=1S/C35H40N4O7/c1-35-32(42-4)22(36-2)19-25(46-35)38-23-11-7-5-9-20(23)26-28-29(27-21-10-6-8-12-24(21)39(35)31(27)30(26)38)34(37-33(28)40)45-18-17-44-16-15-43-14-13-41-3/h5-12,22,25,32,34,36H,13-19H2,1-4H3,(H,37,40)/t22-,25-,32-,34?,35+/m1/s1. The van der Waals surface area contributed by atoms with Crippen LogP contribution in [0.4, 0.5) is 0 Å². The summed E-state index contributed by atoms with van der Waals surface area (Å²) in [6.07, 6.45) is -0.512. The molecule has 0 spiro atoms. The lowest BCUT2D eigenvalue weighted by atomic mass is 9.93. The summed E-state index contributed by atoms with van der Waals surface area (Å²) in [6, 6.07) is 16.7. The van der Waals surface area contributed by atoms with Gasteiger partial charge in [-0.15, -0.1) is 0 Å². The highest BCUT2D eigenvalue weighted by Crippen LogP contribution is 2.54. The van der Waals surface area contributed by atoms with E-state index in [2.05, 4.69) is 57.0 Å². The highest BCUT2D eigenvalue weighted by molar-refractivity contribution is 6.31. The maximum atomic E-state index is 14.1. The Hall–Kier alpha value is -3.55. The Morgan fingerprint density at radius 2 is 1.59 bits per heavy atom. The van der Waals surface area contributed by atoms with Gasteiger partial charge in [-0.2, -0.15) is 0 Å². The van der Waals surface area contributed by atoms with Crippen LogP contribution in [0, 0.1) is 0 Å². The molecule has 5 heterocycles. The number of para-hydroxylation sites is 2. The van der Waals surface area contributed by atoms with Crippen molar-refractivity contribution in [2.75, 3.05) is 60.9 Å². The van der Waals surface area contributed by atoms with Crippen LogP contribution in [-0.4, -0.2) is 88.1 Å². The molecular weight excluding hydrogens is 588 g/mol. The fraction of sp³-hybridized carbons (Fsp3) is 0.457. The van der Waals surface area contributed by atoms with Gasteiger partial charge in [0.05, 0.1) is 67.3 Å². The molecule has 11 nitrogen and oxygen atoms in total. The molecule has 1 unspecified atom stereocenters. The van der Waals surface area contributed by atoms with E-state index >= 15 is 0 Å². The van der Waals surface area contributed by atoms with Crippen molar-refractivity contribution in [3.8, 4) is 0 Å². The molecule has 5 aromatic rings. The molecule has 0 saturated carbocycles. The monoisotopic (exact) mass is 628 g/mol. The molecule has 1 saturated heterocycles. The Balaban J connectivity index is 1.33. The summed E-state index contributed by atoms with van der Waals surface area (Å²) in [7, 11) is 5.39. The summed E-state index contributed by atoms with van der Waals surface area (Å²) in [5.41, 5.74) is 4.71. The predicted molar refractivity (Wildman–Crippen MR) is 174 cm³/mol. The lowest BCUT2D eigenvalue weighted by molar-refractivity contribution is -0.256. The van der Waals surface area contributed by atoms with Crippen LogP contribution >= 0.6 is 0 Å². The topological polar surface area (TPSA) is 106 Å². The fourth-order valence-corrected chi connectivity index (χ4v) is 8.18. The first kappa shape index (κ1) is 29.8. The second-order valence-electron chi connectivity index (χ2n) is 12.3.